The molecule has 1 heterocycles. The number of nitrogens with zero attached hydrogens (tertiary/aromatic N) is 2. The zero-order valence-corrected chi connectivity index (χ0v) is 10.0. The highest BCUT2D eigenvalue weighted by atomic mass is 16.6. The lowest BCUT2D eigenvalue weighted by atomic mass is 10.1. The van der Waals surface area contributed by atoms with Gasteiger partial charge in [0, 0.05) is 31.2 Å². The topological polar surface area (TPSA) is 72.7 Å². The van der Waals surface area contributed by atoms with Gasteiger partial charge in [-0.3, -0.25) is 14.9 Å². The summed E-state index contributed by atoms with van der Waals surface area (Å²) < 4.78 is 5.57. The van der Waals surface area contributed by atoms with Crippen LogP contribution in [-0.2, 0) is 9.53 Å². The second-order valence-corrected chi connectivity index (χ2v) is 4.14. The van der Waals surface area contributed by atoms with Crippen LogP contribution < -0.4 is 0 Å². The van der Waals surface area contributed by atoms with Gasteiger partial charge in [-0.2, -0.15) is 0 Å². The Balaban J connectivity index is 2.23. The molecule has 1 aliphatic heterocycles. The number of benzene rings is 1. The van der Waals surface area contributed by atoms with Crippen LogP contribution in [-0.4, -0.2) is 28.9 Å². The molecular formula is C12H14N2O4. The molecule has 0 aromatic heterocycles. The molecule has 1 fully saturated rings. The van der Waals surface area contributed by atoms with Crippen molar-refractivity contribution in [2.45, 2.75) is 19.6 Å². The summed E-state index contributed by atoms with van der Waals surface area (Å²) in [6.45, 7) is 2.73. The molecule has 1 amide bonds. The summed E-state index contributed by atoms with van der Waals surface area (Å²) in [5.41, 5.74) is 0.791. The third-order valence-electron chi connectivity index (χ3n) is 2.90. The highest BCUT2D eigenvalue weighted by Gasteiger charge is 2.26. The Morgan fingerprint density at radius 2 is 2.11 bits per heavy atom. The van der Waals surface area contributed by atoms with Crippen molar-refractivity contribution in [1.29, 1.82) is 0 Å². The number of nitro benzene ring substituents is 1. The Morgan fingerprint density at radius 3 is 2.67 bits per heavy atom. The van der Waals surface area contributed by atoms with Gasteiger partial charge in [0.2, 0.25) is 5.91 Å². The summed E-state index contributed by atoms with van der Waals surface area (Å²) in [5.74, 6) is -0.0574. The van der Waals surface area contributed by atoms with Crippen molar-refractivity contribution in [3.8, 4) is 0 Å². The van der Waals surface area contributed by atoms with Crippen molar-refractivity contribution in [2.75, 3.05) is 13.2 Å². The van der Waals surface area contributed by atoms with Crippen LogP contribution in [0.25, 0.3) is 0 Å². The van der Waals surface area contributed by atoms with Crippen molar-refractivity contribution >= 4 is 11.6 Å². The molecule has 0 unspecified atom stereocenters. The van der Waals surface area contributed by atoms with Gasteiger partial charge >= 0.3 is 0 Å². The van der Waals surface area contributed by atoms with Crippen LogP contribution in [0, 0.1) is 10.1 Å². The van der Waals surface area contributed by atoms with E-state index in [4.69, 9.17) is 4.74 Å². The molecule has 1 aromatic carbocycles. The summed E-state index contributed by atoms with van der Waals surface area (Å²) >= 11 is 0. The molecule has 0 aliphatic carbocycles. The van der Waals surface area contributed by atoms with Crippen LogP contribution in [0.2, 0.25) is 0 Å². The molecule has 0 saturated carbocycles. The van der Waals surface area contributed by atoms with E-state index in [0.717, 1.165) is 12.0 Å². The molecule has 1 aliphatic rings. The number of non-ortho nitro benzene ring substituents is 1. The fraction of sp³-hybridized carbons (Fsp3) is 0.417. The summed E-state index contributed by atoms with van der Waals surface area (Å²) in [6, 6.07) is 6.10. The molecule has 0 radical (unpaired) electrons. The first kappa shape index (κ1) is 12.5. The quantitative estimate of drug-likeness (QED) is 0.593. The number of rotatable bonds is 2. The first-order chi connectivity index (χ1) is 8.59. The largest absolute Gasteiger partial charge is 0.354 e. The minimum absolute atomic E-state index is 0.0314. The van der Waals surface area contributed by atoms with Gasteiger partial charge in [0.1, 0.15) is 0 Å². The van der Waals surface area contributed by atoms with Crippen molar-refractivity contribution in [3.63, 3.8) is 0 Å². The molecule has 96 valence electrons. The van der Waals surface area contributed by atoms with E-state index in [1.807, 2.05) is 0 Å². The van der Waals surface area contributed by atoms with Crippen LogP contribution in [0.4, 0.5) is 5.69 Å². The third-order valence-corrected chi connectivity index (χ3v) is 2.90. The summed E-state index contributed by atoms with van der Waals surface area (Å²) in [7, 11) is 0. The molecule has 0 spiro atoms. The molecule has 0 N–H and O–H groups in total. The van der Waals surface area contributed by atoms with Crippen molar-refractivity contribution in [2.24, 2.45) is 0 Å². The van der Waals surface area contributed by atoms with E-state index in [2.05, 4.69) is 0 Å². The maximum absolute atomic E-state index is 11.5. The number of carbonyl (C=O) groups excluding carboxylic acids is 1. The first-order valence-corrected chi connectivity index (χ1v) is 5.73. The van der Waals surface area contributed by atoms with E-state index in [0.29, 0.717) is 13.2 Å². The van der Waals surface area contributed by atoms with E-state index in [1.165, 1.54) is 19.1 Å². The van der Waals surface area contributed by atoms with Gasteiger partial charge in [0.05, 0.1) is 11.5 Å². The summed E-state index contributed by atoms with van der Waals surface area (Å²) in [5, 5.41) is 10.6. The first-order valence-electron chi connectivity index (χ1n) is 5.73. The average molecular weight is 250 g/mol. The minimum atomic E-state index is -0.450. The second kappa shape index (κ2) is 5.14. The molecule has 2 rings (SSSR count). The van der Waals surface area contributed by atoms with Gasteiger partial charge in [-0.25, -0.2) is 0 Å². The number of amides is 1. The van der Waals surface area contributed by atoms with Crippen LogP contribution in [0.1, 0.15) is 25.1 Å². The molecular weight excluding hydrogens is 236 g/mol. The van der Waals surface area contributed by atoms with E-state index in [9.17, 15) is 14.9 Å². The zero-order chi connectivity index (χ0) is 13.1. The summed E-state index contributed by atoms with van der Waals surface area (Å²) in [6.07, 6.45) is 0.375. The lowest BCUT2D eigenvalue weighted by Crippen LogP contribution is -2.39. The predicted molar refractivity (Wildman–Crippen MR) is 63.8 cm³/mol. The Bertz CT molecular complexity index is 458. The molecule has 1 saturated heterocycles. The van der Waals surface area contributed by atoms with Crippen LogP contribution in [0.15, 0.2) is 24.3 Å². The monoisotopic (exact) mass is 250 g/mol. The lowest BCUT2D eigenvalue weighted by molar-refractivity contribution is -0.384. The van der Waals surface area contributed by atoms with Crippen LogP contribution in [0.5, 0.6) is 0 Å². The Labute approximate surface area is 104 Å². The lowest BCUT2D eigenvalue weighted by Gasteiger charge is -2.35. The predicted octanol–water partition coefficient (Wildman–Crippen LogP) is 1.86. The van der Waals surface area contributed by atoms with E-state index in [1.54, 1.807) is 17.0 Å². The fourth-order valence-electron chi connectivity index (χ4n) is 2.00. The van der Waals surface area contributed by atoms with Gasteiger partial charge < -0.3 is 9.64 Å². The smallest absolute Gasteiger partial charge is 0.269 e. The number of hydrogen-bond donors (Lipinski definition) is 0. The number of carbonyl (C=O) groups is 1. The summed E-state index contributed by atoms with van der Waals surface area (Å²) in [4.78, 5) is 23.2. The highest BCUT2D eigenvalue weighted by molar-refractivity contribution is 5.73. The maximum atomic E-state index is 11.5. The van der Waals surface area contributed by atoms with Crippen molar-refractivity contribution in [1.82, 2.24) is 4.90 Å². The standard InChI is InChI=1S/C12H14N2O4/c1-9(15)13-7-2-8-18-12(13)10-3-5-11(6-4-10)14(16)17/h3-6,12H,2,7-8H2,1H3/t12-/m1/s1. The maximum Gasteiger partial charge on any atom is 0.269 e. The van der Waals surface area contributed by atoms with E-state index in [-0.39, 0.29) is 11.6 Å². The number of ether oxygens (including phenoxy) is 1. The Kier molecular flexibility index (Phi) is 3.57. The minimum Gasteiger partial charge on any atom is -0.354 e. The van der Waals surface area contributed by atoms with E-state index < -0.39 is 11.2 Å². The fourth-order valence-corrected chi connectivity index (χ4v) is 2.00. The molecule has 1 atom stereocenters. The normalized spacial score (nSPS) is 19.6. The molecule has 0 bridgehead atoms. The molecule has 6 nitrogen and oxygen atoms in total. The van der Waals surface area contributed by atoms with Gasteiger partial charge in [0.15, 0.2) is 6.23 Å². The Hall–Kier alpha value is -1.95. The van der Waals surface area contributed by atoms with Gasteiger partial charge in [-0.05, 0) is 18.6 Å². The number of nitro groups is 1. The molecule has 18 heavy (non-hydrogen) atoms. The highest BCUT2D eigenvalue weighted by Crippen LogP contribution is 2.27. The van der Waals surface area contributed by atoms with Crippen molar-refractivity contribution < 1.29 is 14.5 Å². The molecule has 1 aromatic rings. The van der Waals surface area contributed by atoms with Crippen LogP contribution in [0.3, 0.4) is 0 Å². The SMILES string of the molecule is CC(=O)N1CCCO[C@@H]1c1ccc([N+](=O)[O-])cc1. The van der Waals surface area contributed by atoms with E-state index >= 15 is 0 Å². The average Bonchev–Trinajstić information content (AvgIpc) is 2.39. The third kappa shape index (κ3) is 2.48. The van der Waals surface area contributed by atoms with Crippen LogP contribution >= 0.6 is 0 Å². The zero-order valence-electron chi connectivity index (χ0n) is 10.0. The second-order valence-electron chi connectivity index (χ2n) is 4.14. The van der Waals surface area contributed by atoms with Crippen molar-refractivity contribution in [3.05, 3.63) is 39.9 Å². The Morgan fingerprint density at radius 1 is 1.44 bits per heavy atom. The van der Waals surface area contributed by atoms with Gasteiger partial charge in [0.25, 0.3) is 5.69 Å². The van der Waals surface area contributed by atoms with Gasteiger partial charge in [-0.15, -0.1) is 0 Å². The van der Waals surface area contributed by atoms with Gasteiger partial charge in [-0.1, -0.05) is 0 Å². The number of hydrogen-bond acceptors (Lipinski definition) is 4. The molecule has 6 heteroatoms.